The van der Waals surface area contributed by atoms with Gasteiger partial charge in [0.15, 0.2) is 5.69 Å². The minimum atomic E-state index is -4.81. The molecule has 4 N–H and O–H groups in total. The van der Waals surface area contributed by atoms with Gasteiger partial charge in [-0.2, -0.15) is 18.3 Å². The summed E-state index contributed by atoms with van der Waals surface area (Å²) in [4.78, 5) is 13.6. The average molecular weight is 634 g/mol. The highest BCUT2D eigenvalue weighted by Crippen LogP contribution is 2.43. The maximum absolute atomic E-state index is 15.6. The molecule has 0 radical (unpaired) electrons. The maximum atomic E-state index is 15.6. The number of aromatic nitrogens is 2. The summed E-state index contributed by atoms with van der Waals surface area (Å²) in [7, 11) is 1.61. The molecule has 1 heterocycles. The zero-order chi connectivity index (χ0) is 32.6. The number of amides is 1. The Labute approximate surface area is 264 Å². The number of benzene rings is 3. The van der Waals surface area contributed by atoms with Gasteiger partial charge >= 0.3 is 6.18 Å². The van der Waals surface area contributed by atoms with Crippen LogP contribution in [0.2, 0.25) is 0 Å². The predicted molar refractivity (Wildman–Crippen MR) is 168 cm³/mol. The molecule has 0 saturated heterocycles. The van der Waals surface area contributed by atoms with E-state index in [1.807, 2.05) is 43.3 Å². The van der Waals surface area contributed by atoms with Crippen molar-refractivity contribution in [3.05, 3.63) is 113 Å². The number of allylic oxidation sites excluding steroid dienone is 2. The number of nitrogens with two attached hydrogens (primary N) is 1. The number of hydrogen-bond donors (Lipinski definition) is 3. The Morgan fingerprint density at radius 3 is 2.59 bits per heavy atom. The molecule has 1 saturated carbocycles. The topological polar surface area (TPSA) is 94.2 Å². The Bertz CT molecular complexity index is 1830. The Morgan fingerprint density at radius 2 is 1.87 bits per heavy atom. The summed E-state index contributed by atoms with van der Waals surface area (Å²) in [6.45, 7) is 2.80. The maximum Gasteiger partial charge on any atom is 0.435 e. The summed E-state index contributed by atoms with van der Waals surface area (Å²) < 4.78 is 63.6. The third-order valence-corrected chi connectivity index (χ3v) is 8.67. The number of nitrogens with one attached hydrogen (secondary N) is 2. The normalized spacial score (nSPS) is 19.0. The number of carbonyl (C=O) groups excluding carboxylic acids is 1. The number of alkyl halides is 3. The molecule has 2 aliphatic carbocycles. The van der Waals surface area contributed by atoms with Gasteiger partial charge in [0.25, 0.3) is 5.91 Å². The van der Waals surface area contributed by atoms with Gasteiger partial charge in [0.05, 0.1) is 18.5 Å². The van der Waals surface area contributed by atoms with Gasteiger partial charge in [0.1, 0.15) is 17.3 Å². The van der Waals surface area contributed by atoms with E-state index in [0.29, 0.717) is 23.3 Å². The zero-order valence-corrected chi connectivity index (χ0v) is 25.4. The van der Waals surface area contributed by atoms with E-state index in [0.717, 1.165) is 40.4 Å². The number of hydrogen-bond acceptors (Lipinski definition) is 5. The quantitative estimate of drug-likeness (QED) is 0.164. The number of rotatable bonds is 10. The Kier molecular flexibility index (Phi) is 8.71. The number of nitrogens with zero attached hydrogens (tertiary/aromatic N) is 2. The van der Waals surface area contributed by atoms with Crippen molar-refractivity contribution in [2.24, 2.45) is 23.5 Å². The van der Waals surface area contributed by atoms with Gasteiger partial charge in [-0.1, -0.05) is 55.5 Å². The molecular formula is C35H35F4N5O2. The minimum Gasteiger partial charge on any atom is -0.496 e. The molecule has 0 bridgehead atoms. The van der Waals surface area contributed by atoms with Crippen molar-refractivity contribution >= 4 is 16.7 Å². The van der Waals surface area contributed by atoms with Crippen LogP contribution in [0.1, 0.15) is 53.1 Å². The van der Waals surface area contributed by atoms with E-state index in [1.54, 1.807) is 31.4 Å². The standard InChI is InChI=1S/C35H35F4N5O2/c1-20-14-27(36)28(42-34(45)29-17-31(35(37,38)39)43-44(29)24-8-5-6-22(15-24)18-40)16-26(20)33(41-19-21-10-11-21)32-25-9-4-3-7-23(25)12-13-30(32)46-2/h3-9,12-17,20-21,26,33,41H,10-11,18-19,40H2,1-2H3,(H,42,45). The first kappa shape index (κ1) is 31.5. The van der Waals surface area contributed by atoms with Crippen molar-refractivity contribution in [1.82, 2.24) is 20.4 Å². The summed E-state index contributed by atoms with van der Waals surface area (Å²) in [5, 5.41) is 12.0. The number of methoxy groups -OCH3 is 1. The molecule has 1 aromatic heterocycles. The van der Waals surface area contributed by atoms with E-state index in [2.05, 4.69) is 15.7 Å². The molecule has 11 heteroatoms. The second kappa shape index (κ2) is 12.7. The second-order valence-electron chi connectivity index (χ2n) is 11.9. The third-order valence-electron chi connectivity index (χ3n) is 8.67. The van der Waals surface area contributed by atoms with Crippen molar-refractivity contribution < 1.29 is 27.1 Å². The summed E-state index contributed by atoms with van der Waals surface area (Å²) in [6, 6.07) is 18.6. The molecule has 2 aliphatic rings. The molecule has 3 unspecified atom stereocenters. The van der Waals surface area contributed by atoms with Crippen LogP contribution in [0.5, 0.6) is 5.75 Å². The average Bonchev–Trinajstić information content (AvgIpc) is 3.76. The second-order valence-corrected chi connectivity index (χ2v) is 11.9. The number of ether oxygens (including phenoxy) is 1. The minimum absolute atomic E-state index is 0.123. The van der Waals surface area contributed by atoms with Gasteiger partial charge in [-0.15, -0.1) is 0 Å². The van der Waals surface area contributed by atoms with Gasteiger partial charge in [-0.05, 0) is 71.8 Å². The molecule has 1 amide bonds. The van der Waals surface area contributed by atoms with Crippen molar-refractivity contribution in [2.75, 3.05) is 13.7 Å². The van der Waals surface area contributed by atoms with Crippen LogP contribution in [0, 0.1) is 17.8 Å². The molecule has 46 heavy (non-hydrogen) atoms. The molecule has 0 spiro atoms. The number of carbonyl (C=O) groups is 1. The Balaban J connectivity index is 1.39. The zero-order valence-electron chi connectivity index (χ0n) is 25.4. The Hall–Kier alpha value is -4.48. The molecule has 7 nitrogen and oxygen atoms in total. The predicted octanol–water partition coefficient (Wildman–Crippen LogP) is 6.99. The largest absolute Gasteiger partial charge is 0.496 e. The first-order chi connectivity index (χ1) is 22.1. The first-order valence-corrected chi connectivity index (χ1v) is 15.2. The summed E-state index contributed by atoms with van der Waals surface area (Å²) in [5.74, 6) is -1.02. The van der Waals surface area contributed by atoms with Crippen LogP contribution in [0.4, 0.5) is 17.6 Å². The SMILES string of the molecule is COc1ccc2ccccc2c1C(NCC1CC1)C1C=C(NC(=O)c2cc(C(F)(F)F)nn2-c2cccc(CN)c2)C(F)=CC1C. The van der Waals surface area contributed by atoms with E-state index in [1.165, 1.54) is 12.1 Å². The lowest BCUT2D eigenvalue weighted by Gasteiger charge is -2.34. The van der Waals surface area contributed by atoms with Crippen molar-refractivity contribution in [2.45, 2.75) is 38.5 Å². The molecule has 6 rings (SSSR count). The van der Waals surface area contributed by atoms with Crippen LogP contribution in [-0.4, -0.2) is 29.3 Å². The molecular weight excluding hydrogens is 598 g/mol. The van der Waals surface area contributed by atoms with E-state index in [-0.39, 0.29) is 35.8 Å². The highest BCUT2D eigenvalue weighted by molar-refractivity contribution is 5.95. The lowest BCUT2D eigenvalue weighted by molar-refractivity contribution is -0.141. The third kappa shape index (κ3) is 6.43. The highest BCUT2D eigenvalue weighted by atomic mass is 19.4. The van der Waals surface area contributed by atoms with E-state index < -0.39 is 29.3 Å². The molecule has 3 atom stereocenters. The lowest BCUT2D eigenvalue weighted by atomic mass is 9.78. The molecule has 3 aromatic carbocycles. The fourth-order valence-corrected chi connectivity index (χ4v) is 6.06. The summed E-state index contributed by atoms with van der Waals surface area (Å²) in [6.07, 6.45) is 0.538. The van der Waals surface area contributed by atoms with Crippen LogP contribution in [0.15, 0.2) is 90.4 Å². The molecule has 240 valence electrons. The van der Waals surface area contributed by atoms with Crippen LogP contribution >= 0.6 is 0 Å². The summed E-state index contributed by atoms with van der Waals surface area (Å²) >= 11 is 0. The van der Waals surface area contributed by atoms with Crippen molar-refractivity contribution in [3.8, 4) is 11.4 Å². The molecule has 4 aromatic rings. The fourth-order valence-electron chi connectivity index (χ4n) is 6.06. The fraction of sp³-hybridized carbons (Fsp3) is 0.314. The van der Waals surface area contributed by atoms with Crippen LogP contribution in [0.3, 0.4) is 0 Å². The van der Waals surface area contributed by atoms with E-state index in [4.69, 9.17) is 10.5 Å². The van der Waals surface area contributed by atoms with Crippen LogP contribution < -0.4 is 21.1 Å². The van der Waals surface area contributed by atoms with Crippen LogP contribution in [-0.2, 0) is 12.7 Å². The lowest BCUT2D eigenvalue weighted by Crippen LogP contribution is -2.35. The van der Waals surface area contributed by atoms with Gasteiger partial charge in [-0.3, -0.25) is 4.79 Å². The molecule has 0 aliphatic heterocycles. The van der Waals surface area contributed by atoms with Gasteiger partial charge in [0, 0.05) is 30.1 Å². The smallest absolute Gasteiger partial charge is 0.435 e. The summed E-state index contributed by atoms with van der Waals surface area (Å²) in [5.41, 5.74) is 5.74. The number of fused-ring (bicyclic) bond motifs is 1. The molecule has 1 fully saturated rings. The first-order valence-electron chi connectivity index (χ1n) is 15.2. The number of halogens is 4. The Morgan fingerprint density at radius 1 is 1.09 bits per heavy atom. The van der Waals surface area contributed by atoms with E-state index in [9.17, 15) is 18.0 Å². The van der Waals surface area contributed by atoms with Gasteiger partial charge < -0.3 is 21.1 Å². The van der Waals surface area contributed by atoms with Gasteiger partial charge in [-0.25, -0.2) is 9.07 Å². The van der Waals surface area contributed by atoms with E-state index >= 15 is 4.39 Å². The van der Waals surface area contributed by atoms with Crippen LogP contribution in [0.25, 0.3) is 16.5 Å². The monoisotopic (exact) mass is 633 g/mol. The van der Waals surface area contributed by atoms with Crippen molar-refractivity contribution in [3.63, 3.8) is 0 Å². The highest BCUT2D eigenvalue weighted by Gasteiger charge is 2.38. The van der Waals surface area contributed by atoms with Gasteiger partial charge in [0.2, 0.25) is 0 Å². The van der Waals surface area contributed by atoms with Crippen molar-refractivity contribution in [1.29, 1.82) is 0 Å².